The summed E-state index contributed by atoms with van der Waals surface area (Å²) in [7, 11) is 0. The van der Waals surface area contributed by atoms with E-state index in [0.717, 1.165) is 25.7 Å². The highest BCUT2D eigenvalue weighted by atomic mass is 16.5. The Morgan fingerprint density at radius 1 is 1.31 bits per heavy atom. The Morgan fingerprint density at radius 2 is 2.00 bits per heavy atom. The minimum absolute atomic E-state index is 0.204. The first-order chi connectivity index (χ1) is 7.63. The molecular weight excluding hydrogens is 200 g/mol. The summed E-state index contributed by atoms with van der Waals surface area (Å²) in [6.07, 6.45) is 6.64. The molecule has 0 saturated carbocycles. The van der Waals surface area contributed by atoms with Crippen molar-refractivity contribution in [1.82, 2.24) is 0 Å². The van der Waals surface area contributed by atoms with E-state index in [9.17, 15) is 4.79 Å². The van der Waals surface area contributed by atoms with Crippen molar-refractivity contribution in [3.05, 3.63) is 12.7 Å². The molecule has 0 aliphatic carbocycles. The topological polar surface area (TPSA) is 26.3 Å². The lowest BCUT2D eigenvalue weighted by Crippen LogP contribution is -2.29. The number of hydrogen-bond acceptors (Lipinski definition) is 2. The molecule has 0 aliphatic heterocycles. The van der Waals surface area contributed by atoms with Gasteiger partial charge in [-0.05, 0) is 32.1 Å². The molecule has 0 saturated heterocycles. The van der Waals surface area contributed by atoms with E-state index in [1.54, 1.807) is 0 Å². The Labute approximate surface area is 100 Å². The van der Waals surface area contributed by atoms with Gasteiger partial charge in [0.25, 0.3) is 0 Å². The van der Waals surface area contributed by atoms with Gasteiger partial charge in [-0.2, -0.15) is 0 Å². The lowest BCUT2D eigenvalue weighted by molar-refractivity contribution is -0.133. The Balaban J connectivity index is 3.78. The maximum Gasteiger partial charge on any atom is 0.161 e. The van der Waals surface area contributed by atoms with E-state index in [1.807, 2.05) is 26.8 Å². The highest BCUT2D eigenvalue weighted by Gasteiger charge is 2.21. The molecule has 0 aliphatic rings. The van der Waals surface area contributed by atoms with Gasteiger partial charge in [0.2, 0.25) is 0 Å². The maximum atomic E-state index is 11.9. The van der Waals surface area contributed by atoms with Crippen LogP contribution in [0.15, 0.2) is 12.7 Å². The van der Waals surface area contributed by atoms with Gasteiger partial charge >= 0.3 is 0 Å². The Kier molecular flexibility index (Phi) is 9.21. The molecule has 0 fully saturated rings. The van der Waals surface area contributed by atoms with Crippen LogP contribution in [-0.4, -0.2) is 18.5 Å². The fraction of sp³-hybridized carbons (Fsp3) is 0.786. The van der Waals surface area contributed by atoms with Gasteiger partial charge < -0.3 is 4.74 Å². The number of ketones is 1. The zero-order valence-corrected chi connectivity index (χ0v) is 11.0. The first kappa shape index (κ1) is 15.4. The average Bonchev–Trinajstić information content (AvgIpc) is 2.24. The van der Waals surface area contributed by atoms with Crippen molar-refractivity contribution in [3.63, 3.8) is 0 Å². The fourth-order valence-corrected chi connectivity index (χ4v) is 1.74. The van der Waals surface area contributed by atoms with E-state index in [1.165, 1.54) is 0 Å². The predicted octanol–water partition coefficient (Wildman–Crippen LogP) is 3.75. The van der Waals surface area contributed by atoms with Crippen LogP contribution >= 0.6 is 0 Å². The Bertz CT molecular complexity index is 197. The summed E-state index contributed by atoms with van der Waals surface area (Å²) in [5, 5.41) is 0. The summed E-state index contributed by atoms with van der Waals surface area (Å²) in [4.78, 5) is 11.9. The van der Waals surface area contributed by atoms with Crippen LogP contribution in [0.2, 0.25) is 0 Å². The quantitative estimate of drug-likeness (QED) is 0.419. The first-order valence-corrected chi connectivity index (χ1v) is 6.38. The molecule has 0 aromatic heterocycles. The average molecular weight is 226 g/mol. The third-order valence-electron chi connectivity index (χ3n) is 2.60. The second-order valence-corrected chi connectivity index (χ2v) is 4.47. The number of unbranched alkanes of at least 4 members (excludes halogenated alkanes) is 3. The van der Waals surface area contributed by atoms with Crippen LogP contribution in [0.1, 0.15) is 52.9 Å². The molecule has 0 radical (unpaired) electrons. The van der Waals surface area contributed by atoms with Gasteiger partial charge in [-0.25, -0.2) is 0 Å². The van der Waals surface area contributed by atoms with Crippen molar-refractivity contribution >= 4 is 5.78 Å². The number of rotatable bonds is 10. The van der Waals surface area contributed by atoms with E-state index < -0.39 is 0 Å². The monoisotopic (exact) mass is 226 g/mol. The lowest BCUT2D eigenvalue weighted by atomic mass is 9.98. The summed E-state index contributed by atoms with van der Waals surface area (Å²) in [5.74, 6) is 0.538. The molecule has 16 heavy (non-hydrogen) atoms. The molecule has 0 aromatic carbocycles. The van der Waals surface area contributed by atoms with Crippen LogP contribution in [0, 0.1) is 5.92 Å². The number of hydrogen-bond donors (Lipinski definition) is 0. The van der Waals surface area contributed by atoms with Crippen molar-refractivity contribution in [2.75, 3.05) is 6.61 Å². The van der Waals surface area contributed by atoms with Gasteiger partial charge in [0.05, 0.1) is 0 Å². The molecule has 0 N–H and O–H groups in total. The van der Waals surface area contributed by atoms with Crippen molar-refractivity contribution in [2.24, 2.45) is 5.92 Å². The second-order valence-electron chi connectivity index (χ2n) is 4.47. The third kappa shape index (κ3) is 6.78. The van der Waals surface area contributed by atoms with E-state index >= 15 is 0 Å². The molecule has 2 heteroatoms. The zero-order valence-electron chi connectivity index (χ0n) is 11.0. The lowest BCUT2D eigenvalue weighted by Gasteiger charge is -2.19. The molecule has 0 spiro atoms. The number of ether oxygens (including phenoxy) is 1. The zero-order chi connectivity index (χ0) is 12.4. The molecule has 0 aromatic rings. The summed E-state index contributed by atoms with van der Waals surface area (Å²) in [6, 6.07) is 0. The molecule has 94 valence electrons. The van der Waals surface area contributed by atoms with Crippen molar-refractivity contribution < 1.29 is 9.53 Å². The number of carbonyl (C=O) groups is 1. The maximum absolute atomic E-state index is 11.9. The van der Waals surface area contributed by atoms with E-state index in [4.69, 9.17) is 4.74 Å². The number of carbonyl (C=O) groups excluding carboxylic acids is 1. The molecule has 1 unspecified atom stereocenters. The molecule has 0 rings (SSSR count). The first-order valence-electron chi connectivity index (χ1n) is 6.38. The Hall–Kier alpha value is -0.630. The summed E-state index contributed by atoms with van der Waals surface area (Å²) >= 11 is 0. The molecule has 0 bridgehead atoms. The van der Waals surface area contributed by atoms with Gasteiger partial charge in [-0.3, -0.25) is 4.79 Å². The van der Waals surface area contributed by atoms with Crippen LogP contribution in [0.3, 0.4) is 0 Å². The van der Waals surface area contributed by atoms with E-state index in [0.29, 0.717) is 13.0 Å². The summed E-state index contributed by atoms with van der Waals surface area (Å²) < 4.78 is 5.48. The standard InChI is InChI=1S/C14H26O2/c1-5-7-8-9-10-11-13(15)14(12(3)4)16-6-2/h5,12,14H,1,6-11H2,2-4H3. The van der Waals surface area contributed by atoms with E-state index in [-0.39, 0.29) is 17.8 Å². The smallest absolute Gasteiger partial charge is 0.161 e. The van der Waals surface area contributed by atoms with E-state index in [2.05, 4.69) is 6.58 Å². The highest BCUT2D eigenvalue weighted by Crippen LogP contribution is 2.13. The minimum atomic E-state index is -0.204. The number of Topliss-reactive ketones (excluding diaryl/α,β-unsaturated/α-hetero) is 1. The highest BCUT2D eigenvalue weighted by molar-refractivity contribution is 5.83. The van der Waals surface area contributed by atoms with Crippen LogP contribution in [0.5, 0.6) is 0 Å². The fourth-order valence-electron chi connectivity index (χ4n) is 1.74. The molecule has 0 amide bonds. The summed E-state index contributed by atoms with van der Waals surface area (Å²) in [5.41, 5.74) is 0. The van der Waals surface area contributed by atoms with Crippen LogP contribution in [0.4, 0.5) is 0 Å². The van der Waals surface area contributed by atoms with Gasteiger partial charge in [-0.15, -0.1) is 6.58 Å². The normalized spacial score (nSPS) is 12.8. The molecule has 2 nitrogen and oxygen atoms in total. The SMILES string of the molecule is C=CCCCCCC(=O)C(OCC)C(C)C. The van der Waals surface area contributed by atoms with Crippen molar-refractivity contribution in [2.45, 2.75) is 59.0 Å². The molecule has 1 atom stereocenters. The second kappa shape index (κ2) is 9.59. The summed E-state index contributed by atoms with van der Waals surface area (Å²) in [6.45, 7) is 10.3. The molecule has 0 heterocycles. The largest absolute Gasteiger partial charge is 0.370 e. The van der Waals surface area contributed by atoms with Gasteiger partial charge in [-0.1, -0.05) is 26.3 Å². The predicted molar refractivity (Wildman–Crippen MR) is 68.5 cm³/mol. The molecular formula is C14H26O2. The van der Waals surface area contributed by atoms with Crippen LogP contribution in [-0.2, 0) is 9.53 Å². The van der Waals surface area contributed by atoms with Crippen LogP contribution in [0.25, 0.3) is 0 Å². The van der Waals surface area contributed by atoms with Crippen molar-refractivity contribution in [1.29, 1.82) is 0 Å². The van der Waals surface area contributed by atoms with Gasteiger partial charge in [0, 0.05) is 13.0 Å². The Morgan fingerprint density at radius 3 is 2.50 bits per heavy atom. The van der Waals surface area contributed by atoms with Gasteiger partial charge in [0.1, 0.15) is 6.10 Å². The minimum Gasteiger partial charge on any atom is -0.370 e. The van der Waals surface area contributed by atoms with Gasteiger partial charge in [0.15, 0.2) is 5.78 Å². The van der Waals surface area contributed by atoms with Crippen LogP contribution < -0.4 is 0 Å². The number of allylic oxidation sites excluding steroid dienone is 1. The third-order valence-corrected chi connectivity index (χ3v) is 2.60. The van der Waals surface area contributed by atoms with Crippen molar-refractivity contribution in [3.8, 4) is 0 Å².